The summed E-state index contributed by atoms with van der Waals surface area (Å²) < 4.78 is 82.0. The van der Waals surface area contributed by atoms with Crippen molar-refractivity contribution in [2.75, 3.05) is 0 Å². The van der Waals surface area contributed by atoms with Gasteiger partial charge in [-0.25, -0.2) is 30.4 Å². The van der Waals surface area contributed by atoms with E-state index in [0.717, 1.165) is 0 Å². The summed E-state index contributed by atoms with van der Waals surface area (Å²) in [6.07, 6.45) is 0. The number of nitrogens with two attached hydrogens (primary N) is 1. The Bertz CT molecular complexity index is 1110. The standard InChI is InChI=1S/C12H10ClNO7S3.K/c13-9-6-11(22(15,16)8-4-2-1-3-5-8)12(23(14,17)18)7-10(9)24(19,20)21;/h1-7H,(H2,14,17,18)(H,19,20,21);/q;+1/p-1. The van der Waals surface area contributed by atoms with Gasteiger partial charge >= 0.3 is 51.4 Å². The summed E-state index contributed by atoms with van der Waals surface area (Å²) in [6, 6.07) is 7.68. The Morgan fingerprint density at radius 3 is 1.80 bits per heavy atom. The fourth-order valence-corrected chi connectivity index (χ4v) is 5.68. The number of rotatable bonds is 4. The molecule has 130 valence electrons. The maximum absolute atomic E-state index is 12.6. The third-order valence-corrected chi connectivity index (χ3v) is 7.11. The van der Waals surface area contributed by atoms with Gasteiger partial charge in [0.25, 0.3) is 0 Å². The van der Waals surface area contributed by atoms with E-state index in [-0.39, 0.29) is 56.3 Å². The fourth-order valence-electron chi connectivity index (χ4n) is 1.87. The molecule has 0 aliphatic heterocycles. The molecule has 8 nitrogen and oxygen atoms in total. The van der Waals surface area contributed by atoms with Crippen LogP contribution < -0.4 is 56.5 Å². The molecule has 13 heteroatoms. The monoisotopic (exact) mass is 449 g/mol. The van der Waals surface area contributed by atoms with Gasteiger partial charge < -0.3 is 4.55 Å². The number of sulfone groups is 1. The predicted molar refractivity (Wildman–Crippen MR) is 82.7 cm³/mol. The van der Waals surface area contributed by atoms with Crippen LogP contribution in [0.25, 0.3) is 0 Å². The molecular weight excluding hydrogens is 441 g/mol. The molecule has 0 spiro atoms. The number of hydrogen-bond donors (Lipinski definition) is 1. The van der Waals surface area contributed by atoms with E-state index in [1.54, 1.807) is 6.07 Å². The van der Waals surface area contributed by atoms with Gasteiger partial charge in [-0.1, -0.05) is 29.8 Å². The molecule has 0 aromatic heterocycles. The Balaban J connectivity index is 0.00000312. The second-order valence-corrected chi connectivity index (χ2v) is 9.75. The van der Waals surface area contributed by atoms with Crippen molar-refractivity contribution in [2.45, 2.75) is 19.6 Å². The van der Waals surface area contributed by atoms with Crippen LogP contribution in [-0.2, 0) is 30.0 Å². The zero-order valence-electron chi connectivity index (χ0n) is 12.6. The van der Waals surface area contributed by atoms with Crippen molar-refractivity contribution in [1.29, 1.82) is 0 Å². The van der Waals surface area contributed by atoms with Crippen molar-refractivity contribution >= 4 is 41.6 Å². The minimum atomic E-state index is -5.14. The minimum Gasteiger partial charge on any atom is -0.744 e. The Morgan fingerprint density at radius 1 is 0.840 bits per heavy atom. The molecule has 0 aliphatic carbocycles. The smallest absolute Gasteiger partial charge is 0.744 e. The molecule has 25 heavy (non-hydrogen) atoms. The Labute approximate surface area is 192 Å². The molecule has 2 N–H and O–H groups in total. The molecule has 0 atom stereocenters. The molecule has 0 radical (unpaired) electrons. The number of halogens is 1. The van der Waals surface area contributed by atoms with Crippen molar-refractivity contribution in [3.8, 4) is 0 Å². The topological polar surface area (TPSA) is 152 Å². The van der Waals surface area contributed by atoms with Crippen LogP contribution in [0, 0.1) is 0 Å². The van der Waals surface area contributed by atoms with Crippen LogP contribution in [0.2, 0.25) is 5.02 Å². The van der Waals surface area contributed by atoms with E-state index in [0.29, 0.717) is 12.1 Å². The van der Waals surface area contributed by atoms with E-state index in [9.17, 15) is 29.8 Å². The summed E-state index contributed by atoms with van der Waals surface area (Å²) in [5, 5.41) is 4.23. The van der Waals surface area contributed by atoms with Crippen molar-refractivity contribution < 1.29 is 81.2 Å². The molecular formula is C12H9ClKNO7S3. The molecule has 2 aromatic carbocycles. The number of hydrogen-bond acceptors (Lipinski definition) is 7. The van der Waals surface area contributed by atoms with Gasteiger partial charge in [-0.2, -0.15) is 0 Å². The van der Waals surface area contributed by atoms with Gasteiger partial charge in [-0.3, -0.25) is 0 Å². The molecule has 0 bridgehead atoms. The van der Waals surface area contributed by atoms with Gasteiger partial charge in [-0.05, 0) is 24.3 Å². The predicted octanol–water partition coefficient (Wildman–Crippen LogP) is -2.27. The summed E-state index contributed by atoms with van der Waals surface area (Å²) in [7, 11) is -14.2. The van der Waals surface area contributed by atoms with Crippen LogP contribution in [0.15, 0.2) is 62.0 Å². The van der Waals surface area contributed by atoms with Gasteiger partial charge in [0.15, 0.2) is 0 Å². The van der Waals surface area contributed by atoms with Crippen molar-refractivity contribution in [3.05, 3.63) is 47.5 Å². The number of sulfonamides is 1. The van der Waals surface area contributed by atoms with Gasteiger partial charge in [0.05, 0.1) is 19.7 Å². The molecule has 0 fully saturated rings. The van der Waals surface area contributed by atoms with Crippen LogP contribution in [0.5, 0.6) is 0 Å². The zero-order chi connectivity index (χ0) is 18.3. The number of primary sulfonamides is 1. The van der Waals surface area contributed by atoms with Crippen LogP contribution in [0.1, 0.15) is 0 Å². The molecule has 0 amide bonds. The molecule has 0 saturated heterocycles. The van der Waals surface area contributed by atoms with Gasteiger partial charge in [0, 0.05) is 0 Å². The maximum Gasteiger partial charge on any atom is 1.00 e. The van der Waals surface area contributed by atoms with Gasteiger partial charge in [-0.15, -0.1) is 0 Å². The normalized spacial score (nSPS) is 12.4. The van der Waals surface area contributed by atoms with Crippen LogP contribution in [-0.4, -0.2) is 29.8 Å². The quantitative estimate of drug-likeness (QED) is 0.408. The zero-order valence-corrected chi connectivity index (χ0v) is 18.9. The molecule has 0 heterocycles. The van der Waals surface area contributed by atoms with E-state index in [1.807, 2.05) is 0 Å². The van der Waals surface area contributed by atoms with Crippen molar-refractivity contribution in [1.82, 2.24) is 0 Å². The molecule has 0 aliphatic rings. The molecule has 2 aromatic rings. The first-order chi connectivity index (χ1) is 10.8. The van der Waals surface area contributed by atoms with Crippen molar-refractivity contribution in [2.24, 2.45) is 5.14 Å². The van der Waals surface area contributed by atoms with Crippen LogP contribution in [0.3, 0.4) is 0 Å². The third-order valence-electron chi connectivity index (χ3n) is 2.92. The second kappa shape index (κ2) is 8.02. The first kappa shape index (κ1) is 23.2. The Hall–Kier alpha value is 0.136. The van der Waals surface area contributed by atoms with Gasteiger partial charge in [0.2, 0.25) is 19.9 Å². The molecule has 2 rings (SSSR count). The Kier molecular flexibility index (Phi) is 7.44. The van der Waals surface area contributed by atoms with E-state index in [4.69, 9.17) is 16.7 Å². The third kappa shape index (κ3) is 5.10. The maximum atomic E-state index is 12.6. The summed E-state index contributed by atoms with van der Waals surface area (Å²) in [5.41, 5.74) is 0. The largest absolute Gasteiger partial charge is 1.00 e. The summed E-state index contributed by atoms with van der Waals surface area (Å²) in [6.45, 7) is 0. The Morgan fingerprint density at radius 2 is 1.36 bits per heavy atom. The minimum absolute atomic E-state index is 0. The van der Waals surface area contributed by atoms with E-state index >= 15 is 0 Å². The summed E-state index contributed by atoms with van der Waals surface area (Å²) >= 11 is 5.65. The summed E-state index contributed by atoms with van der Waals surface area (Å²) in [4.78, 5) is -3.21. The van der Waals surface area contributed by atoms with E-state index in [1.165, 1.54) is 24.3 Å². The SMILES string of the molecule is NS(=O)(=O)c1cc(S(=O)(=O)[O-])c(Cl)cc1S(=O)(=O)c1ccccc1.[K+]. The average Bonchev–Trinajstić information content (AvgIpc) is 2.45. The number of benzene rings is 2. The fraction of sp³-hybridized carbons (Fsp3) is 0. The molecule has 0 saturated carbocycles. The first-order valence-electron chi connectivity index (χ1n) is 5.97. The van der Waals surface area contributed by atoms with Crippen LogP contribution >= 0.6 is 11.6 Å². The molecule has 0 unspecified atom stereocenters. The first-order valence-corrected chi connectivity index (χ1v) is 10.8. The van der Waals surface area contributed by atoms with Gasteiger partial charge in [0.1, 0.15) is 15.0 Å². The summed E-state index contributed by atoms with van der Waals surface area (Å²) in [5.74, 6) is 0. The second-order valence-electron chi connectivity index (χ2n) is 4.54. The average molecular weight is 450 g/mol. The van der Waals surface area contributed by atoms with Crippen molar-refractivity contribution in [3.63, 3.8) is 0 Å². The van der Waals surface area contributed by atoms with E-state index < -0.39 is 49.7 Å². The van der Waals surface area contributed by atoms with Crippen LogP contribution in [0.4, 0.5) is 0 Å². The van der Waals surface area contributed by atoms with E-state index in [2.05, 4.69) is 0 Å².